The van der Waals surface area contributed by atoms with Gasteiger partial charge in [-0.2, -0.15) is 0 Å². The fraction of sp³-hybridized carbons (Fsp3) is 0.526. The molecule has 1 saturated heterocycles. The van der Waals surface area contributed by atoms with E-state index in [0.29, 0.717) is 49.7 Å². The molecule has 3 amide bonds. The molecule has 1 aliphatic carbocycles. The maximum atomic E-state index is 12.4. The van der Waals surface area contributed by atoms with Gasteiger partial charge in [0.25, 0.3) is 0 Å². The topological polar surface area (TPSA) is 87.7 Å². The van der Waals surface area contributed by atoms with Gasteiger partial charge in [0, 0.05) is 29.8 Å². The van der Waals surface area contributed by atoms with Gasteiger partial charge < -0.3 is 20.3 Å². The van der Waals surface area contributed by atoms with E-state index in [2.05, 4.69) is 10.6 Å². The largest absolute Gasteiger partial charge is 0.450 e. The number of hydrogen-bond donors (Lipinski definition) is 2. The Hall–Kier alpha value is -2.28. The Morgan fingerprint density at radius 3 is 2.37 bits per heavy atom. The normalized spacial score (nSPS) is 22.1. The molecule has 2 N–H and O–H groups in total. The summed E-state index contributed by atoms with van der Waals surface area (Å²) in [6, 6.07) is 6.90. The zero-order valence-electron chi connectivity index (χ0n) is 15.2. The summed E-state index contributed by atoms with van der Waals surface area (Å²) >= 11 is 5.83. The van der Waals surface area contributed by atoms with Crippen molar-refractivity contribution in [2.24, 2.45) is 11.8 Å². The van der Waals surface area contributed by atoms with Crippen molar-refractivity contribution in [3.8, 4) is 0 Å². The lowest BCUT2D eigenvalue weighted by Gasteiger charge is -2.31. The first-order chi connectivity index (χ1) is 13.0. The molecule has 27 heavy (non-hydrogen) atoms. The minimum absolute atomic E-state index is 0.0313. The highest BCUT2D eigenvalue weighted by atomic mass is 35.5. The summed E-state index contributed by atoms with van der Waals surface area (Å²) in [5.74, 6) is -0.795. The molecule has 3 rings (SSSR count). The number of hydrogen-bond acceptors (Lipinski definition) is 4. The monoisotopic (exact) mass is 393 g/mol. The summed E-state index contributed by atoms with van der Waals surface area (Å²) in [7, 11) is 0. The molecule has 1 aromatic carbocycles. The van der Waals surface area contributed by atoms with E-state index in [1.165, 1.54) is 0 Å². The predicted octanol–water partition coefficient (Wildman–Crippen LogP) is 2.65. The van der Waals surface area contributed by atoms with Crippen molar-refractivity contribution < 1.29 is 19.1 Å². The van der Waals surface area contributed by atoms with Crippen molar-refractivity contribution in [3.05, 3.63) is 29.3 Å². The molecule has 7 nitrogen and oxygen atoms in total. The zero-order valence-corrected chi connectivity index (χ0v) is 16.0. The molecule has 0 spiro atoms. The molecule has 2 fully saturated rings. The molecule has 2 unspecified atom stereocenters. The lowest BCUT2D eigenvalue weighted by Crippen LogP contribution is -2.47. The van der Waals surface area contributed by atoms with Crippen LogP contribution < -0.4 is 10.6 Å². The van der Waals surface area contributed by atoms with Crippen LogP contribution in [0.5, 0.6) is 0 Å². The molecule has 8 heteroatoms. The number of carbonyl (C=O) groups is 3. The third kappa shape index (κ3) is 5.13. The molecule has 1 aliphatic heterocycles. The molecule has 1 aromatic rings. The summed E-state index contributed by atoms with van der Waals surface area (Å²) in [5, 5.41) is 6.43. The smallest absolute Gasteiger partial charge is 0.409 e. The first kappa shape index (κ1) is 19.5. The average Bonchev–Trinajstić information content (AvgIpc) is 3.45. The fourth-order valence-corrected chi connectivity index (χ4v) is 3.40. The number of ether oxygens (including phenoxy) is 1. The fourth-order valence-electron chi connectivity index (χ4n) is 3.27. The van der Waals surface area contributed by atoms with Gasteiger partial charge in [-0.3, -0.25) is 9.59 Å². The summed E-state index contributed by atoms with van der Waals surface area (Å²) in [4.78, 5) is 38.0. The quantitative estimate of drug-likeness (QED) is 0.805. The molecule has 1 heterocycles. The van der Waals surface area contributed by atoms with Crippen molar-refractivity contribution in [3.63, 3.8) is 0 Å². The lowest BCUT2D eigenvalue weighted by atomic mass is 10.1. The Balaban J connectivity index is 1.40. The van der Waals surface area contributed by atoms with Gasteiger partial charge in [-0.1, -0.05) is 11.6 Å². The number of carbonyl (C=O) groups excluding carboxylic acids is 3. The number of anilines is 1. The minimum atomic E-state index is -0.302. The zero-order chi connectivity index (χ0) is 19.4. The highest BCUT2D eigenvalue weighted by Gasteiger charge is 2.48. The maximum Gasteiger partial charge on any atom is 0.409 e. The third-order valence-corrected chi connectivity index (χ3v) is 5.20. The van der Waals surface area contributed by atoms with Gasteiger partial charge in [0.1, 0.15) is 0 Å². The van der Waals surface area contributed by atoms with Crippen LogP contribution >= 0.6 is 11.6 Å². The Labute approximate surface area is 163 Å². The van der Waals surface area contributed by atoms with E-state index in [4.69, 9.17) is 16.3 Å². The van der Waals surface area contributed by atoms with Gasteiger partial charge in [-0.25, -0.2) is 4.79 Å². The van der Waals surface area contributed by atoms with E-state index >= 15 is 0 Å². The van der Waals surface area contributed by atoms with E-state index in [9.17, 15) is 14.4 Å². The highest BCUT2D eigenvalue weighted by Crippen LogP contribution is 2.39. The van der Waals surface area contributed by atoms with Crippen LogP contribution in [0.2, 0.25) is 5.02 Å². The number of halogens is 1. The first-order valence-electron chi connectivity index (χ1n) is 9.26. The van der Waals surface area contributed by atoms with Crippen LogP contribution in [0.25, 0.3) is 0 Å². The van der Waals surface area contributed by atoms with Gasteiger partial charge in [0.05, 0.1) is 18.4 Å². The summed E-state index contributed by atoms with van der Waals surface area (Å²) in [6.07, 6.45) is 1.65. The van der Waals surface area contributed by atoms with Crippen molar-refractivity contribution >= 4 is 35.2 Å². The molecule has 0 radical (unpaired) electrons. The van der Waals surface area contributed by atoms with Crippen molar-refractivity contribution in [2.45, 2.75) is 32.2 Å². The number of rotatable bonds is 5. The number of amides is 3. The molecule has 2 atom stereocenters. The van der Waals surface area contributed by atoms with E-state index in [1.54, 1.807) is 36.1 Å². The maximum absolute atomic E-state index is 12.4. The SMILES string of the molecule is CCOC(=O)N1CCC(NC(=O)C2CC2C(=O)Nc2ccc(Cl)cc2)CC1. The number of benzene rings is 1. The van der Waals surface area contributed by atoms with Crippen molar-refractivity contribution in [1.82, 2.24) is 10.2 Å². The standard InChI is InChI=1S/C19H24ClN3O4/c1-2-27-19(26)23-9-7-14(8-10-23)22-18(25)16-11-15(16)17(24)21-13-5-3-12(20)4-6-13/h3-6,14-16H,2,7-11H2,1H3,(H,21,24)(H,22,25). The Kier molecular flexibility index (Phi) is 6.21. The van der Waals surface area contributed by atoms with Gasteiger partial charge in [-0.15, -0.1) is 0 Å². The van der Waals surface area contributed by atoms with E-state index in [0.717, 1.165) is 0 Å². The second-order valence-corrected chi connectivity index (χ2v) is 7.35. The van der Waals surface area contributed by atoms with Crippen LogP contribution in [0.3, 0.4) is 0 Å². The second kappa shape index (κ2) is 8.61. The van der Waals surface area contributed by atoms with Gasteiger partial charge in [-0.05, 0) is 50.5 Å². The van der Waals surface area contributed by atoms with E-state index < -0.39 is 0 Å². The molecular formula is C19H24ClN3O4. The first-order valence-corrected chi connectivity index (χ1v) is 9.64. The third-order valence-electron chi connectivity index (χ3n) is 4.94. The van der Waals surface area contributed by atoms with Crippen LogP contribution in [0, 0.1) is 11.8 Å². The molecule has 2 aliphatic rings. The number of piperidine rings is 1. The van der Waals surface area contributed by atoms with Crippen LogP contribution in [-0.2, 0) is 14.3 Å². The lowest BCUT2D eigenvalue weighted by molar-refractivity contribution is -0.126. The number of nitrogens with one attached hydrogen (secondary N) is 2. The van der Waals surface area contributed by atoms with Crippen molar-refractivity contribution in [1.29, 1.82) is 0 Å². The van der Waals surface area contributed by atoms with Crippen LogP contribution in [0.15, 0.2) is 24.3 Å². The van der Waals surface area contributed by atoms with Crippen molar-refractivity contribution in [2.75, 3.05) is 25.0 Å². The summed E-state index contributed by atoms with van der Waals surface area (Å²) in [5.41, 5.74) is 0.668. The number of nitrogens with zero attached hydrogens (tertiary/aromatic N) is 1. The van der Waals surface area contributed by atoms with Crippen LogP contribution in [0.1, 0.15) is 26.2 Å². The van der Waals surface area contributed by atoms with E-state index in [1.807, 2.05) is 0 Å². The van der Waals surface area contributed by atoms with Gasteiger partial charge in [0.15, 0.2) is 0 Å². The minimum Gasteiger partial charge on any atom is -0.450 e. The predicted molar refractivity (Wildman–Crippen MR) is 101 cm³/mol. The average molecular weight is 394 g/mol. The van der Waals surface area contributed by atoms with E-state index in [-0.39, 0.29) is 35.8 Å². The Morgan fingerprint density at radius 2 is 1.74 bits per heavy atom. The Bertz CT molecular complexity index is 701. The van der Waals surface area contributed by atoms with Crippen LogP contribution in [-0.4, -0.2) is 48.5 Å². The Morgan fingerprint density at radius 1 is 1.11 bits per heavy atom. The molecule has 0 aromatic heterocycles. The number of likely N-dealkylation sites (tertiary alicyclic amines) is 1. The molecule has 1 saturated carbocycles. The second-order valence-electron chi connectivity index (χ2n) is 6.91. The molecular weight excluding hydrogens is 370 g/mol. The van der Waals surface area contributed by atoms with Gasteiger partial charge in [0.2, 0.25) is 11.8 Å². The van der Waals surface area contributed by atoms with Gasteiger partial charge >= 0.3 is 6.09 Å². The highest BCUT2D eigenvalue weighted by molar-refractivity contribution is 6.30. The van der Waals surface area contributed by atoms with Crippen LogP contribution in [0.4, 0.5) is 10.5 Å². The molecule has 0 bridgehead atoms. The summed E-state index contributed by atoms with van der Waals surface area (Å²) < 4.78 is 4.99. The summed E-state index contributed by atoms with van der Waals surface area (Å²) in [6.45, 7) is 3.26. The molecule has 146 valence electrons.